The van der Waals surface area contributed by atoms with Crippen molar-refractivity contribution in [2.24, 2.45) is 0 Å². The molecule has 0 amide bonds. The molecule has 13 heteroatoms. The lowest BCUT2D eigenvalue weighted by molar-refractivity contribution is -0.137. The summed E-state index contributed by atoms with van der Waals surface area (Å²) in [4.78, 5) is 6.10. The molecule has 1 aliphatic heterocycles. The van der Waals surface area contributed by atoms with E-state index in [0.717, 1.165) is 32.8 Å². The number of rotatable bonds is 7. The normalized spacial score (nSPS) is 15.2. The molecule has 36 heavy (non-hydrogen) atoms. The van der Waals surface area contributed by atoms with Crippen LogP contribution in [0.25, 0.3) is 0 Å². The van der Waals surface area contributed by atoms with Crippen molar-refractivity contribution in [3.8, 4) is 11.5 Å². The highest BCUT2D eigenvalue weighted by Crippen LogP contribution is 2.35. The molecule has 1 saturated heterocycles. The van der Waals surface area contributed by atoms with E-state index in [1.807, 2.05) is 22.4 Å². The molecule has 0 unspecified atom stereocenters. The highest BCUT2D eigenvalue weighted by molar-refractivity contribution is 7.89. The van der Waals surface area contributed by atoms with Crippen molar-refractivity contribution in [3.05, 3.63) is 63.6 Å². The van der Waals surface area contributed by atoms with Gasteiger partial charge in [0.25, 0.3) is 0 Å². The number of methoxy groups -OCH3 is 2. The van der Waals surface area contributed by atoms with Gasteiger partial charge < -0.3 is 14.4 Å². The summed E-state index contributed by atoms with van der Waals surface area (Å²) >= 11 is 7.42. The van der Waals surface area contributed by atoms with E-state index in [0.29, 0.717) is 37.1 Å². The highest BCUT2D eigenvalue weighted by atomic mass is 35.5. The van der Waals surface area contributed by atoms with Gasteiger partial charge in [-0.3, -0.25) is 0 Å². The third-order valence-electron chi connectivity index (χ3n) is 5.79. The first kappa shape index (κ1) is 26.5. The Morgan fingerprint density at radius 3 is 2.42 bits per heavy atom. The number of thiazole rings is 1. The number of benzene rings is 2. The molecule has 0 saturated carbocycles. The smallest absolute Gasteiger partial charge is 0.416 e. The molecule has 1 aromatic heterocycles. The molecule has 1 aliphatic rings. The maximum absolute atomic E-state index is 13.1. The fraction of sp³-hybridized carbons (Fsp3) is 0.348. The van der Waals surface area contributed by atoms with E-state index in [9.17, 15) is 21.6 Å². The summed E-state index contributed by atoms with van der Waals surface area (Å²) in [5, 5.41) is 2.43. The maximum atomic E-state index is 13.1. The second-order valence-electron chi connectivity index (χ2n) is 8.01. The lowest BCUT2D eigenvalue weighted by Gasteiger charge is -2.34. The molecule has 3 aromatic rings. The Morgan fingerprint density at radius 2 is 1.78 bits per heavy atom. The quantitative estimate of drug-likeness (QED) is 0.407. The van der Waals surface area contributed by atoms with Gasteiger partial charge in [0, 0.05) is 49.6 Å². The first-order valence-electron chi connectivity index (χ1n) is 10.8. The number of ether oxygens (including phenoxy) is 2. The van der Waals surface area contributed by atoms with Gasteiger partial charge in [-0.25, -0.2) is 13.4 Å². The summed E-state index contributed by atoms with van der Waals surface area (Å²) in [6.45, 7) is 0.871. The Kier molecular flexibility index (Phi) is 7.69. The Bertz CT molecular complexity index is 1340. The van der Waals surface area contributed by atoms with Crippen molar-refractivity contribution >= 4 is 38.1 Å². The van der Waals surface area contributed by atoms with Crippen molar-refractivity contribution in [1.29, 1.82) is 0 Å². The lowest BCUT2D eigenvalue weighted by Crippen LogP contribution is -2.48. The van der Waals surface area contributed by atoms with E-state index in [1.54, 1.807) is 20.3 Å². The zero-order chi connectivity index (χ0) is 26.1. The van der Waals surface area contributed by atoms with Crippen molar-refractivity contribution in [1.82, 2.24) is 9.29 Å². The van der Waals surface area contributed by atoms with Gasteiger partial charge in [0.2, 0.25) is 10.0 Å². The topological polar surface area (TPSA) is 72.0 Å². The van der Waals surface area contributed by atoms with Crippen LogP contribution in [0.2, 0.25) is 5.02 Å². The largest absolute Gasteiger partial charge is 0.497 e. The van der Waals surface area contributed by atoms with Crippen molar-refractivity contribution in [3.63, 3.8) is 0 Å². The first-order valence-corrected chi connectivity index (χ1v) is 13.5. The summed E-state index contributed by atoms with van der Waals surface area (Å²) in [5.74, 6) is 1.38. The Hall–Kier alpha value is -2.54. The number of anilines is 1. The predicted octanol–water partition coefficient (Wildman–Crippen LogP) is 4.93. The summed E-state index contributed by atoms with van der Waals surface area (Å²) in [6.07, 6.45) is -4.13. The molecule has 2 aromatic carbocycles. The van der Waals surface area contributed by atoms with Crippen molar-refractivity contribution < 1.29 is 31.1 Å². The molecule has 1 fully saturated rings. The number of halogens is 4. The molecule has 194 valence electrons. The maximum Gasteiger partial charge on any atom is 0.416 e. The zero-order valence-electron chi connectivity index (χ0n) is 19.4. The molecule has 0 bridgehead atoms. The minimum atomic E-state index is -4.67. The van der Waals surface area contributed by atoms with Crippen LogP contribution in [0.5, 0.6) is 11.5 Å². The van der Waals surface area contributed by atoms with E-state index < -0.39 is 26.7 Å². The van der Waals surface area contributed by atoms with E-state index in [-0.39, 0.29) is 18.1 Å². The van der Waals surface area contributed by atoms with Crippen LogP contribution in [0.1, 0.15) is 16.8 Å². The van der Waals surface area contributed by atoms with Crippen molar-refractivity contribution in [2.45, 2.75) is 17.5 Å². The number of nitrogens with zero attached hydrogens (tertiary/aromatic N) is 3. The molecule has 2 heterocycles. The number of sulfonamides is 1. The molecule has 4 rings (SSSR count). The van der Waals surface area contributed by atoms with Crippen LogP contribution in [0.3, 0.4) is 0 Å². The van der Waals surface area contributed by atoms with Crippen LogP contribution < -0.4 is 14.4 Å². The Labute approximate surface area is 216 Å². The van der Waals surface area contributed by atoms with Gasteiger partial charge in [0.05, 0.1) is 30.5 Å². The van der Waals surface area contributed by atoms with Crippen LogP contribution in [0, 0.1) is 0 Å². The van der Waals surface area contributed by atoms with E-state index in [4.69, 9.17) is 21.1 Å². The summed E-state index contributed by atoms with van der Waals surface area (Å²) in [5.41, 5.74) is 0.723. The van der Waals surface area contributed by atoms with E-state index in [1.165, 1.54) is 11.3 Å². The SMILES string of the molecule is COc1ccc(Cc2csc(N3CCN(S(=O)(=O)c4cc(C(F)(F)F)ccc4Cl)CC3)n2)c(OC)c1. The standard InChI is InChI=1S/C23H23ClF3N3O4S2/c1-33-18-5-3-15(20(13-18)34-2)11-17-14-35-22(28-17)29-7-9-30(10-8-29)36(31,32)21-12-16(23(25,26)27)4-6-19(21)24/h3-6,12-14H,7-11H2,1-2H3. The van der Waals surface area contributed by atoms with Gasteiger partial charge in [-0.15, -0.1) is 11.3 Å². The molecule has 7 nitrogen and oxygen atoms in total. The molecule has 0 radical (unpaired) electrons. The first-order chi connectivity index (χ1) is 17.0. The average molecular weight is 562 g/mol. The van der Waals surface area contributed by atoms with Gasteiger partial charge in [-0.2, -0.15) is 17.5 Å². The second-order valence-corrected chi connectivity index (χ2v) is 11.2. The molecule has 0 atom stereocenters. The molecule has 0 aliphatic carbocycles. The Balaban J connectivity index is 1.44. The van der Waals surface area contributed by atoms with Crippen LogP contribution in [-0.4, -0.2) is 58.1 Å². The monoisotopic (exact) mass is 561 g/mol. The average Bonchev–Trinajstić information content (AvgIpc) is 3.32. The number of hydrogen-bond acceptors (Lipinski definition) is 7. The Morgan fingerprint density at radius 1 is 1.06 bits per heavy atom. The zero-order valence-corrected chi connectivity index (χ0v) is 21.8. The van der Waals surface area contributed by atoms with Crippen LogP contribution in [0.4, 0.5) is 18.3 Å². The van der Waals surface area contributed by atoms with E-state index in [2.05, 4.69) is 4.98 Å². The van der Waals surface area contributed by atoms with Gasteiger partial charge in [0.15, 0.2) is 5.13 Å². The lowest BCUT2D eigenvalue weighted by atomic mass is 10.1. The summed E-state index contributed by atoms with van der Waals surface area (Å²) < 4.78 is 77.3. The predicted molar refractivity (Wildman–Crippen MR) is 132 cm³/mol. The minimum Gasteiger partial charge on any atom is -0.497 e. The molecule has 0 N–H and O–H groups in total. The third kappa shape index (κ3) is 5.56. The van der Waals surface area contributed by atoms with Gasteiger partial charge in [-0.1, -0.05) is 17.7 Å². The van der Waals surface area contributed by atoms with Gasteiger partial charge >= 0.3 is 6.18 Å². The summed E-state index contributed by atoms with van der Waals surface area (Å²) in [7, 11) is -1.02. The molecular formula is C23H23ClF3N3O4S2. The molecule has 0 spiro atoms. The third-order valence-corrected chi connectivity index (χ3v) is 9.12. The van der Waals surface area contributed by atoms with Crippen LogP contribution >= 0.6 is 22.9 Å². The van der Waals surface area contributed by atoms with Crippen LogP contribution in [0.15, 0.2) is 46.7 Å². The van der Waals surface area contributed by atoms with Gasteiger partial charge in [0.1, 0.15) is 16.4 Å². The number of piperazine rings is 1. The fourth-order valence-corrected chi connectivity index (χ4v) is 6.65. The minimum absolute atomic E-state index is 0.0934. The number of alkyl halides is 3. The second kappa shape index (κ2) is 10.4. The van der Waals surface area contributed by atoms with Gasteiger partial charge in [-0.05, 0) is 24.3 Å². The van der Waals surface area contributed by atoms with E-state index >= 15 is 0 Å². The molecular weight excluding hydrogens is 539 g/mol. The number of hydrogen-bond donors (Lipinski definition) is 0. The van der Waals surface area contributed by atoms with Crippen molar-refractivity contribution in [2.75, 3.05) is 45.3 Å². The summed E-state index contributed by atoms with van der Waals surface area (Å²) in [6, 6.07) is 7.88. The highest BCUT2D eigenvalue weighted by Gasteiger charge is 2.35. The van der Waals surface area contributed by atoms with Crippen LogP contribution in [-0.2, 0) is 22.6 Å². The number of aromatic nitrogens is 1. The fourth-order valence-electron chi connectivity index (χ4n) is 3.85.